The molecule has 0 heterocycles. The van der Waals surface area contributed by atoms with E-state index in [1.165, 1.54) is 12.1 Å². The standard InChI is InChI=1S/C17H18FNO/c1-3-6-13-7-4-5-8-16(13)19-17(20)14-10-9-12(2)11-15(14)18/h4-5,7-11H,3,6H2,1-2H3,(H,19,20). The number of hydrogen-bond acceptors (Lipinski definition) is 1. The molecule has 2 rings (SSSR count). The van der Waals surface area contributed by atoms with E-state index in [2.05, 4.69) is 12.2 Å². The van der Waals surface area contributed by atoms with Crippen molar-refractivity contribution in [3.05, 3.63) is 65.0 Å². The van der Waals surface area contributed by atoms with Crippen LogP contribution in [0.4, 0.5) is 10.1 Å². The van der Waals surface area contributed by atoms with E-state index in [1.54, 1.807) is 13.0 Å². The van der Waals surface area contributed by atoms with E-state index in [1.807, 2.05) is 24.3 Å². The monoisotopic (exact) mass is 271 g/mol. The first-order valence-electron chi connectivity index (χ1n) is 6.77. The van der Waals surface area contributed by atoms with Gasteiger partial charge in [0.2, 0.25) is 0 Å². The van der Waals surface area contributed by atoms with Gasteiger partial charge in [0.05, 0.1) is 5.56 Å². The van der Waals surface area contributed by atoms with Gasteiger partial charge >= 0.3 is 0 Å². The molecule has 2 aromatic rings. The number of rotatable bonds is 4. The van der Waals surface area contributed by atoms with E-state index in [-0.39, 0.29) is 5.56 Å². The third-order valence-corrected chi connectivity index (χ3v) is 3.15. The predicted octanol–water partition coefficient (Wildman–Crippen LogP) is 4.34. The van der Waals surface area contributed by atoms with Crippen molar-refractivity contribution in [1.82, 2.24) is 0 Å². The molecule has 0 radical (unpaired) electrons. The lowest BCUT2D eigenvalue weighted by Crippen LogP contribution is -2.15. The third kappa shape index (κ3) is 3.23. The van der Waals surface area contributed by atoms with Gasteiger partial charge in [-0.2, -0.15) is 0 Å². The summed E-state index contributed by atoms with van der Waals surface area (Å²) in [6, 6.07) is 12.2. The summed E-state index contributed by atoms with van der Waals surface area (Å²) in [6.45, 7) is 3.87. The molecule has 0 fully saturated rings. The van der Waals surface area contributed by atoms with Crippen LogP contribution in [0.5, 0.6) is 0 Å². The summed E-state index contributed by atoms with van der Waals surface area (Å²) in [5.41, 5.74) is 2.68. The number of nitrogens with one attached hydrogen (secondary N) is 1. The van der Waals surface area contributed by atoms with Crippen molar-refractivity contribution in [2.75, 3.05) is 5.32 Å². The third-order valence-electron chi connectivity index (χ3n) is 3.15. The highest BCUT2D eigenvalue weighted by atomic mass is 19.1. The van der Waals surface area contributed by atoms with Crippen LogP contribution in [0, 0.1) is 12.7 Å². The second-order valence-corrected chi connectivity index (χ2v) is 4.84. The normalized spacial score (nSPS) is 10.3. The summed E-state index contributed by atoms with van der Waals surface area (Å²) in [4.78, 5) is 12.2. The fourth-order valence-corrected chi connectivity index (χ4v) is 2.12. The molecule has 0 atom stereocenters. The molecule has 0 aliphatic heterocycles. The molecule has 104 valence electrons. The number of hydrogen-bond donors (Lipinski definition) is 1. The Bertz CT molecular complexity index is 622. The summed E-state index contributed by atoms with van der Waals surface area (Å²) in [6.07, 6.45) is 1.87. The van der Waals surface area contributed by atoms with Crippen molar-refractivity contribution in [2.45, 2.75) is 26.7 Å². The topological polar surface area (TPSA) is 29.1 Å². The van der Waals surface area contributed by atoms with Crippen molar-refractivity contribution in [2.24, 2.45) is 0 Å². The van der Waals surface area contributed by atoms with E-state index in [0.29, 0.717) is 0 Å². The number of carbonyl (C=O) groups is 1. The molecule has 2 nitrogen and oxygen atoms in total. The van der Waals surface area contributed by atoms with Gasteiger partial charge in [0.15, 0.2) is 0 Å². The lowest BCUT2D eigenvalue weighted by molar-refractivity contribution is 0.102. The second-order valence-electron chi connectivity index (χ2n) is 4.84. The number of benzene rings is 2. The Labute approximate surface area is 118 Å². The van der Waals surface area contributed by atoms with Crippen molar-refractivity contribution < 1.29 is 9.18 Å². The molecule has 2 aromatic carbocycles. The van der Waals surface area contributed by atoms with E-state index < -0.39 is 11.7 Å². The Morgan fingerprint density at radius 2 is 1.95 bits per heavy atom. The Hall–Kier alpha value is -2.16. The minimum Gasteiger partial charge on any atom is -0.322 e. The van der Waals surface area contributed by atoms with Crippen LogP contribution in [0.25, 0.3) is 0 Å². The number of amides is 1. The van der Waals surface area contributed by atoms with Gasteiger partial charge in [-0.05, 0) is 42.7 Å². The molecule has 0 bridgehead atoms. The van der Waals surface area contributed by atoms with Crippen LogP contribution >= 0.6 is 0 Å². The van der Waals surface area contributed by atoms with Crippen LogP contribution in [0.3, 0.4) is 0 Å². The van der Waals surface area contributed by atoms with Gasteiger partial charge in [-0.1, -0.05) is 37.6 Å². The Morgan fingerprint density at radius 1 is 1.20 bits per heavy atom. The summed E-state index contributed by atoms with van der Waals surface area (Å²) in [5.74, 6) is -0.901. The number of halogens is 1. The average molecular weight is 271 g/mol. The minimum absolute atomic E-state index is 0.0712. The fourth-order valence-electron chi connectivity index (χ4n) is 2.12. The van der Waals surface area contributed by atoms with Crippen molar-refractivity contribution in [3.8, 4) is 0 Å². The lowest BCUT2D eigenvalue weighted by Gasteiger charge is -2.11. The lowest BCUT2D eigenvalue weighted by atomic mass is 10.1. The zero-order valence-electron chi connectivity index (χ0n) is 11.7. The molecule has 0 saturated carbocycles. The zero-order chi connectivity index (χ0) is 14.5. The van der Waals surface area contributed by atoms with Crippen LogP contribution in [-0.2, 0) is 6.42 Å². The number of aryl methyl sites for hydroxylation is 2. The molecule has 0 spiro atoms. The molecule has 0 aromatic heterocycles. The molecule has 1 amide bonds. The maximum absolute atomic E-state index is 13.8. The Kier molecular flexibility index (Phi) is 4.51. The Morgan fingerprint density at radius 3 is 2.65 bits per heavy atom. The van der Waals surface area contributed by atoms with Crippen LogP contribution in [0.15, 0.2) is 42.5 Å². The summed E-state index contributed by atoms with van der Waals surface area (Å²) < 4.78 is 13.8. The van der Waals surface area contributed by atoms with Crippen LogP contribution in [0.1, 0.15) is 34.8 Å². The zero-order valence-corrected chi connectivity index (χ0v) is 11.7. The molecule has 3 heteroatoms. The van der Waals surface area contributed by atoms with E-state index in [4.69, 9.17) is 0 Å². The number of anilines is 1. The number of carbonyl (C=O) groups excluding carboxylic acids is 1. The van der Waals surface area contributed by atoms with Crippen molar-refractivity contribution in [3.63, 3.8) is 0 Å². The van der Waals surface area contributed by atoms with Gasteiger partial charge in [-0.3, -0.25) is 4.79 Å². The SMILES string of the molecule is CCCc1ccccc1NC(=O)c1ccc(C)cc1F. The fraction of sp³-hybridized carbons (Fsp3) is 0.235. The van der Waals surface area contributed by atoms with Gasteiger partial charge in [-0.25, -0.2) is 4.39 Å². The second kappa shape index (κ2) is 6.33. The van der Waals surface area contributed by atoms with E-state index >= 15 is 0 Å². The molecule has 0 saturated heterocycles. The maximum atomic E-state index is 13.8. The van der Waals surface area contributed by atoms with Crippen molar-refractivity contribution in [1.29, 1.82) is 0 Å². The molecular formula is C17H18FNO. The number of para-hydroxylation sites is 1. The molecule has 0 aliphatic rings. The van der Waals surface area contributed by atoms with Crippen LogP contribution in [0.2, 0.25) is 0 Å². The maximum Gasteiger partial charge on any atom is 0.258 e. The first-order valence-corrected chi connectivity index (χ1v) is 6.77. The van der Waals surface area contributed by atoms with Crippen LogP contribution < -0.4 is 5.32 Å². The van der Waals surface area contributed by atoms with Gasteiger partial charge < -0.3 is 5.32 Å². The highest BCUT2D eigenvalue weighted by molar-refractivity contribution is 6.04. The first kappa shape index (κ1) is 14.3. The average Bonchev–Trinajstić information content (AvgIpc) is 2.41. The van der Waals surface area contributed by atoms with Gasteiger partial charge in [0.25, 0.3) is 5.91 Å². The summed E-state index contributed by atoms with van der Waals surface area (Å²) >= 11 is 0. The first-order chi connectivity index (χ1) is 9.61. The van der Waals surface area contributed by atoms with Crippen molar-refractivity contribution >= 4 is 11.6 Å². The molecular weight excluding hydrogens is 253 g/mol. The highest BCUT2D eigenvalue weighted by Gasteiger charge is 2.13. The molecule has 1 N–H and O–H groups in total. The minimum atomic E-state index is -0.490. The van der Waals surface area contributed by atoms with Crippen LogP contribution in [-0.4, -0.2) is 5.91 Å². The van der Waals surface area contributed by atoms with Gasteiger partial charge in [0.1, 0.15) is 5.82 Å². The highest BCUT2D eigenvalue weighted by Crippen LogP contribution is 2.19. The summed E-state index contributed by atoms with van der Waals surface area (Å²) in [7, 11) is 0. The van der Waals surface area contributed by atoms with E-state index in [0.717, 1.165) is 29.7 Å². The quantitative estimate of drug-likeness (QED) is 0.880. The molecule has 0 aliphatic carbocycles. The summed E-state index contributed by atoms with van der Waals surface area (Å²) in [5, 5.41) is 2.79. The predicted molar refractivity (Wildman–Crippen MR) is 79.5 cm³/mol. The molecule has 20 heavy (non-hydrogen) atoms. The van der Waals surface area contributed by atoms with Gasteiger partial charge in [0, 0.05) is 5.69 Å². The largest absolute Gasteiger partial charge is 0.322 e. The Balaban J connectivity index is 2.23. The van der Waals surface area contributed by atoms with Gasteiger partial charge in [-0.15, -0.1) is 0 Å². The smallest absolute Gasteiger partial charge is 0.258 e. The van der Waals surface area contributed by atoms with E-state index in [9.17, 15) is 9.18 Å². The molecule has 0 unspecified atom stereocenters.